The van der Waals surface area contributed by atoms with Crippen molar-refractivity contribution in [2.24, 2.45) is 11.3 Å². The van der Waals surface area contributed by atoms with Crippen LogP contribution in [-0.2, 0) is 64.6 Å². The van der Waals surface area contributed by atoms with Crippen LogP contribution in [-0.4, -0.2) is 127 Å². The minimum atomic E-state index is -4.29. The Bertz CT molecular complexity index is 1740. The second-order valence-corrected chi connectivity index (χ2v) is 16.2. The van der Waals surface area contributed by atoms with E-state index in [4.69, 9.17) is 14.0 Å². The highest BCUT2D eigenvalue weighted by Crippen LogP contribution is 2.18. The van der Waals surface area contributed by atoms with E-state index in [-0.39, 0.29) is 64.2 Å². The van der Waals surface area contributed by atoms with Crippen molar-refractivity contribution in [3.05, 3.63) is 42.0 Å². The number of esters is 1. The molecule has 0 aromatic heterocycles. The molecule has 20 heteroatoms. The predicted molar refractivity (Wildman–Crippen MR) is 205 cm³/mol. The SMILES string of the molecule is CC(=O)NCCC[C@H](NC(=O)[C@@H](NC(=O)CCN(CCOCCS(=O)(=O)O)C(=O)CN1C(=O)C=CC1=O)C(C)C)C(=O)Nc1ccc(COC(=O)C(C)(C)C)cc1. The summed E-state index contributed by atoms with van der Waals surface area (Å²) in [5, 5.41) is 10.7. The zero-order valence-electron chi connectivity index (χ0n) is 33.1. The molecule has 0 fully saturated rings. The van der Waals surface area contributed by atoms with Gasteiger partial charge in [0.2, 0.25) is 29.5 Å². The van der Waals surface area contributed by atoms with E-state index in [2.05, 4.69) is 21.3 Å². The van der Waals surface area contributed by atoms with Gasteiger partial charge in [0.1, 0.15) is 25.2 Å². The first-order chi connectivity index (χ1) is 26.6. The zero-order chi connectivity index (χ0) is 42.9. The summed E-state index contributed by atoms with van der Waals surface area (Å²) in [6.07, 6.45) is 2.13. The van der Waals surface area contributed by atoms with E-state index < -0.39 is 81.3 Å². The van der Waals surface area contributed by atoms with Crippen molar-refractivity contribution < 1.29 is 60.8 Å². The van der Waals surface area contributed by atoms with Crippen LogP contribution in [0, 0.1) is 11.3 Å². The Kier molecular flexibility index (Phi) is 18.9. The molecule has 0 saturated carbocycles. The summed E-state index contributed by atoms with van der Waals surface area (Å²) in [4.78, 5) is 103. The number of imide groups is 1. The van der Waals surface area contributed by atoms with E-state index in [0.717, 1.165) is 17.1 Å². The minimum absolute atomic E-state index is 0.0369. The number of ether oxygens (including phenoxy) is 2. The summed E-state index contributed by atoms with van der Waals surface area (Å²) in [5.41, 5.74) is 0.421. The van der Waals surface area contributed by atoms with Crippen LogP contribution in [0.1, 0.15) is 66.4 Å². The highest BCUT2D eigenvalue weighted by atomic mass is 32.2. The fourth-order valence-corrected chi connectivity index (χ4v) is 5.35. The molecule has 1 aliphatic heterocycles. The van der Waals surface area contributed by atoms with Crippen molar-refractivity contribution in [3.63, 3.8) is 0 Å². The van der Waals surface area contributed by atoms with Gasteiger partial charge in [-0.2, -0.15) is 8.42 Å². The summed E-state index contributed by atoms with van der Waals surface area (Å²) in [6.45, 7) is 8.56. The molecule has 1 heterocycles. The van der Waals surface area contributed by atoms with E-state index in [0.29, 0.717) is 22.6 Å². The van der Waals surface area contributed by atoms with Crippen LogP contribution >= 0.6 is 0 Å². The molecule has 0 spiro atoms. The Morgan fingerprint density at radius 2 is 1.54 bits per heavy atom. The predicted octanol–water partition coefficient (Wildman–Crippen LogP) is 0.304. The van der Waals surface area contributed by atoms with E-state index in [1.807, 2.05) is 0 Å². The van der Waals surface area contributed by atoms with Gasteiger partial charge in [0, 0.05) is 50.8 Å². The van der Waals surface area contributed by atoms with E-state index >= 15 is 0 Å². The lowest BCUT2D eigenvalue weighted by molar-refractivity contribution is -0.154. The first kappa shape index (κ1) is 47.9. The van der Waals surface area contributed by atoms with Crippen molar-refractivity contribution >= 4 is 63.1 Å². The van der Waals surface area contributed by atoms with Gasteiger partial charge < -0.3 is 35.6 Å². The van der Waals surface area contributed by atoms with Crippen molar-refractivity contribution in [2.75, 3.05) is 50.5 Å². The van der Waals surface area contributed by atoms with Gasteiger partial charge in [-0.25, -0.2) is 0 Å². The molecule has 19 nitrogen and oxygen atoms in total. The lowest BCUT2D eigenvalue weighted by Gasteiger charge is -2.27. The van der Waals surface area contributed by atoms with Crippen LogP contribution in [0.15, 0.2) is 36.4 Å². The smallest absolute Gasteiger partial charge is 0.311 e. The molecule has 0 bridgehead atoms. The normalized spacial score (nSPS) is 13.9. The summed E-state index contributed by atoms with van der Waals surface area (Å²) < 4.78 is 41.4. The molecular formula is C37H54N6O13S. The number of carbonyl (C=O) groups is 8. The summed E-state index contributed by atoms with van der Waals surface area (Å²) >= 11 is 0. The third kappa shape index (κ3) is 18.1. The second-order valence-electron chi connectivity index (χ2n) is 14.6. The molecule has 1 aromatic carbocycles. The number of rotatable bonds is 23. The van der Waals surface area contributed by atoms with Crippen LogP contribution in [0.5, 0.6) is 0 Å². The third-order valence-electron chi connectivity index (χ3n) is 8.29. The van der Waals surface area contributed by atoms with Crippen molar-refractivity contribution in [2.45, 2.75) is 79.5 Å². The Hall–Kier alpha value is -5.21. The standard InChI is InChI=1S/C37H54N6O13S/c1-24(2)33(41-29(45)15-17-42(18-19-55-20-21-57(52,53)54)32(48)22-43-30(46)13-14-31(43)47)35(50)40-28(8-7-16-38-25(3)44)34(49)39-27-11-9-26(10-12-27)23-56-36(51)37(4,5)6/h9-14,24,28,33H,7-8,15-23H2,1-6H3,(H,38,44)(H,39,49)(H,40,50)(H,41,45)(H,52,53,54)/t28-,33-/m0/s1. The monoisotopic (exact) mass is 822 g/mol. The Morgan fingerprint density at radius 3 is 2.11 bits per heavy atom. The zero-order valence-corrected chi connectivity index (χ0v) is 33.9. The molecule has 0 aliphatic carbocycles. The molecule has 5 N–H and O–H groups in total. The average Bonchev–Trinajstić information content (AvgIpc) is 3.43. The van der Waals surface area contributed by atoms with E-state index in [9.17, 15) is 46.8 Å². The quantitative estimate of drug-likeness (QED) is 0.0431. The molecule has 57 heavy (non-hydrogen) atoms. The van der Waals surface area contributed by atoms with Crippen LogP contribution in [0.2, 0.25) is 0 Å². The number of nitrogens with one attached hydrogen (secondary N) is 4. The maximum Gasteiger partial charge on any atom is 0.311 e. The molecule has 316 valence electrons. The fraction of sp³-hybridized carbons (Fsp3) is 0.568. The third-order valence-corrected chi connectivity index (χ3v) is 8.98. The number of hydrogen-bond donors (Lipinski definition) is 5. The second kappa shape index (κ2) is 22.5. The van der Waals surface area contributed by atoms with E-state index in [1.165, 1.54) is 6.92 Å². The molecule has 0 radical (unpaired) electrons. The van der Waals surface area contributed by atoms with Gasteiger partial charge in [0.25, 0.3) is 21.9 Å². The van der Waals surface area contributed by atoms with Crippen LogP contribution < -0.4 is 21.3 Å². The lowest BCUT2D eigenvalue weighted by atomic mass is 9.97. The number of anilines is 1. The Labute approximate surface area is 332 Å². The molecule has 0 saturated heterocycles. The Balaban J connectivity index is 2.11. The number of nitrogens with zero attached hydrogens (tertiary/aromatic N) is 2. The molecule has 1 aliphatic rings. The minimum Gasteiger partial charge on any atom is -0.460 e. The van der Waals surface area contributed by atoms with Crippen molar-refractivity contribution in [3.8, 4) is 0 Å². The van der Waals surface area contributed by atoms with Crippen molar-refractivity contribution in [1.82, 2.24) is 25.8 Å². The number of benzene rings is 1. The molecule has 2 rings (SSSR count). The topological polar surface area (TPSA) is 264 Å². The summed E-state index contributed by atoms with van der Waals surface area (Å²) in [6, 6.07) is 4.36. The first-order valence-corrected chi connectivity index (χ1v) is 19.9. The van der Waals surface area contributed by atoms with Gasteiger partial charge in [-0.1, -0.05) is 26.0 Å². The summed E-state index contributed by atoms with van der Waals surface area (Å²) in [7, 11) is -4.29. The maximum absolute atomic E-state index is 13.6. The van der Waals surface area contributed by atoms with Gasteiger partial charge >= 0.3 is 5.97 Å². The van der Waals surface area contributed by atoms with E-state index in [1.54, 1.807) is 58.9 Å². The van der Waals surface area contributed by atoms with Crippen molar-refractivity contribution in [1.29, 1.82) is 0 Å². The number of carbonyl (C=O) groups excluding carboxylic acids is 8. The average molecular weight is 823 g/mol. The molecule has 7 amide bonds. The van der Waals surface area contributed by atoms with Crippen LogP contribution in [0.25, 0.3) is 0 Å². The van der Waals surface area contributed by atoms with Crippen LogP contribution in [0.4, 0.5) is 5.69 Å². The number of amides is 7. The Morgan fingerprint density at radius 1 is 0.912 bits per heavy atom. The molecule has 0 unspecified atom stereocenters. The van der Waals surface area contributed by atoms with Gasteiger partial charge in [-0.15, -0.1) is 0 Å². The van der Waals surface area contributed by atoms with Crippen LogP contribution in [0.3, 0.4) is 0 Å². The number of hydrogen-bond acceptors (Lipinski definition) is 12. The van der Waals surface area contributed by atoms with Gasteiger partial charge in [-0.3, -0.25) is 47.8 Å². The molecule has 1 aromatic rings. The first-order valence-electron chi connectivity index (χ1n) is 18.3. The molecule has 2 atom stereocenters. The fourth-order valence-electron chi connectivity index (χ4n) is 5.02. The summed E-state index contributed by atoms with van der Waals surface area (Å²) in [5.74, 6) is -5.78. The highest BCUT2D eigenvalue weighted by molar-refractivity contribution is 7.85. The van der Waals surface area contributed by atoms with Gasteiger partial charge in [-0.05, 0) is 57.2 Å². The lowest BCUT2D eigenvalue weighted by Crippen LogP contribution is -2.55. The van der Waals surface area contributed by atoms with Gasteiger partial charge in [0.05, 0.1) is 24.4 Å². The molecular weight excluding hydrogens is 769 g/mol. The largest absolute Gasteiger partial charge is 0.460 e. The maximum atomic E-state index is 13.6. The highest BCUT2D eigenvalue weighted by Gasteiger charge is 2.31. The van der Waals surface area contributed by atoms with Gasteiger partial charge in [0.15, 0.2) is 0 Å².